The van der Waals surface area contributed by atoms with Crippen LogP contribution in [0.5, 0.6) is 0 Å². The molecule has 0 aliphatic carbocycles. The Bertz CT molecular complexity index is 674. The summed E-state index contributed by atoms with van der Waals surface area (Å²) in [6, 6.07) is 0.190. The Morgan fingerprint density at radius 2 is 1.76 bits per heavy atom. The first kappa shape index (κ1) is 25.9. The van der Waals surface area contributed by atoms with Crippen LogP contribution in [0.4, 0.5) is 0 Å². The largest absolute Gasteiger partial charge is 0.481 e. The van der Waals surface area contributed by atoms with Crippen molar-refractivity contribution >= 4 is 17.8 Å². The maximum Gasteiger partial charge on any atom is 0.305 e. The first-order valence-corrected chi connectivity index (χ1v) is 12.5. The van der Waals surface area contributed by atoms with E-state index in [1.54, 1.807) is 0 Å². The third kappa shape index (κ3) is 7.91. The SMILES string of the molecule is CN1CCC(N2CCCC[C@H]2CCOC2CCN(C(N)=NC(=O)[C@H](N)CC(=O)O)CC2)CC1. The number of nitrogens with two attached hydrogens (primary N) is 2. The Morgan fingerprint density at radius 3 is 2.42 bits per heavy atom. The molecule has 5 N–H and O–H groups in total. The van der Waals surface area contributed by atoms with Gasteiger partial charge in [0.1, 0.15) is 0 Å². The third-order valence-corrected chi connectivity index (χ3v) is 7.34. The maximum absolute atomic E-state index is 11.9. The van der Waals surface area contributed by atoms with Gasteiger partial charge in [-0.05, 0) is 71.6 Å². The molecule has 3 fully saturated rings. The smallest absolute Gasteiger partial charge is 0.305 e. The second-order valence-corrected chi connectivity index (χ2v) is 9.78. The molecule has 0 aromatic rings. The van der Waals surface area contributed by atoms with E-state index >= 15 is 0 Å². The van der Waals surface area contributed by atoms with Crippen LogP contribution in [0.2, 0.25) is 0 Å². The highest BCUT2D eigenvalue weighted by atomic mass is 16.5. The number of aliphatic carboxylic acids is 1. The highest BCUT2D eigenvalue weighted by molar-refractivity contribution is 5.96. The molecule has 10 heteroatoms. The van der Waals surface area contributed by atoms with Crippen LogP contribution in [0, 0.1) is 0 Å². The van der Waals surface area contributed by atoms with E-state index in [2.05, 4.69) is 21.8 Å². The highest BCUT2D eigenvalue weighted by Gasteiger charge is 2.31. The van der Waals surface area contributed by atoms with E-state index in [4.69, 9.17) is 21.3 Å². The predicted molar refractivity (Wildman–Crippen MR) is 127 cm³/mol. The number of ether oxygens (including phenoxy) is 1. The average Bonchev–Trinajstić information content (AvgIpc) is 2.80. The minimum absolute atomic E-state index is 0.107. The van der Waals surface area contributed by atoms with E-state index in [-0.39, 0.29) is 12.1 Å². The van der Waals surface area contributed by atoms with Gasteiger partial charge < -0.3 is 31.1 Å². The summed E-state index contributed by atoms with van der Waals surface area (Å²) in [6.45, 7) is 5.73. The predicted octanol–water partition coefficient (Wildman–Crippen LogP) is 0.450. The number of carboxylic acids is 1. The molecule has 0 aromatic carbocycles. The lowest BCUT2D eigenvalue weighted by molar-refractivity contribution is -0.139. The summed E-state index contributed by atoms with van der Waals surface area (Å²) in [7, 11) is 2.22. The van der Waals surface area contributed by atoms with Crippen LogP contribution in [0.15, 0.2) is 4.99 Å². The molecule has 3 aliphatic heterocycles. The fourth-order valence-electron chi connectivity index (χ4n) is 5.30. The average molecular weight is 467 g/mol. The van der Waals surface area contributed by atoms with Crippen LogP contribution >= 0.6 is 0 Å². The summed E-state index contributed by atoms with van der Waals surface area (Å²) in [5.74, 6) is -1.73. The quantitative estimate of drug-likeness (QED) is 0.344. The normalized spacial score (nSPS) is 25.8. The standard InChI is InChI=1S/C23H42N6O4/c1-27-11-5-18(6-12-27)29-10-3-2-4-17(29)9-15-33-19-7-13-28(14-8-19)23(25)26-22(32)20(24)16-21(30)31/h17-20H,2-16,24H2,1H3,(H,30,31)(H2,25,26,32)/t17-,20+/m0/s1. The molecular weight excluding hydrogens is 424 g/mol. The second-order valence-electron chi connectivity index (χ2n) is 9.78. The molecule has 0 aromatic heterocycles. The van der Waals surface area contributed by atoms with Crippen LogP contribution in [-0.2, 0) is 14.3 Å². The zero-order chi connectivity index (χ0) is 23.8. The summed E-state index contributed by atoms with van der Waals surface area (Å²) >= 11 is 0. The monoisotopic (exact) mass is 466 g/mol. The molecule has 1 amide bonds. The van der Waals surface area contributed by atoms with Gasteiger partial charge in [0.2, 0.25) is 0 Å². The van der Waals surface area contributed by atoms with Gasteiger partial charge in [0.05, 0.1) is 18.6 Å². The van der Waals surface area contributed by atoms with Crippen LogP contribution in [0.25, 0.3) is 0 Å². The molecular formula is C23H42N6O4. The van der Waals surface area contributed by atoms with Crippen molar-refractivity contribution in [2.45, 2.75) is 82.0 Å². The zero-order valence-corrected chi connectivity index (χ0v) is 20.0. The highest BCUT2D eigenvalue weighted by Crippen LogP contribution is 2.27. The first-order chi connectivity index (χ1) is 15.8. The minimum Gasteiger partial charge on any atom is -0.481 e. The fourth-order valence-corrected chi connectivity index (χ4v) is 5.30. The molecule has 188 valence electrons. The van der Waals surface area contributed by atoms with Crippen molar-refractivity contribution < 1.29 is 19.4 Å². The van der Waals surface area contributed by atoms with Crippen LogP contribution in [0.1, 0.15) is 57.8 Å². The Labute approximate surface area is 197 Å². The first-order valence-electron chi connectivity index (χ1n) is 12.5. The van der Waals surface area contributed by atoms with Crippen molar-refractivity contribution in [2.75, 3.05) is 46.4 Å². The molecule has 2 atom stereocenters. The van der Waals surface area contributed by atoms with Gasteiger partial charge in [-0.25, -0.2) is 0 Å². The molecule has 3 rings (SSSR count). The summed E-state index contributed by atoms with van der Waals surface area (Å²) in [4.78, 5) is 33.5. The van der Waals surface area contributed by atoms with Crippen molar-refractivity contribution in [3.8, 4) is 0 Å². The lowest BCUT2D eigenvalue weighted by Gasteiger charge is -2.44. The van der Waals surface area contributed by atoms with E-state index in [0.717, 1.165) is 31.9 Å². The Kier molecular flexibility index (Phi) is 9.91. The van der Waals surface area contributed by atoms with E-state index < -0.39 is 24.3 Å². The Balaban J connectivity index is 1.38. The number of carbonyl (C=O) groups is 2. The van der Waals surface area contributed by atoms with Crippen molar-refractivity contribution in [1.29, 1.82) is 0 Å². The second kappa shape index (κ2) is 12.6. The van der Waals surface area contributed by atoms with Gasteiger partial charge in [-0.15, -0.1) is 0 Å². The van der Waals surface area contributed by atoms with Crippen molar-refractivity contribution in [2.24, 2.45) is 16.5 Å². The van der Waals surface area contributed by atoms with Crippen LogP contribution < -0.4 is 11.5 Å². The number of guanidine groups is 1. The van der Waals surface area contributed by atoms with E-state index in [1.165, 1.54) is 51.7 Å². The molecule has 0 saturated carbocycles. The number of aliphatic imine (C=N–C) groups is 1. The topological polar surface area (TPSA) is 138 Å². The van der Waals surface area contributed by atoms with Gasteiger partial charge >= 0.3 is 5.97 Å². The van der Waals surface area contributed by atoms with Crippen molar-refractivity contribution in [3.05, 3.63) is 0 Å². The van der Waals surface area contributed by atoms with Gasteiger partial charge in [-0.3, -0.25) is 14.5 Å². The van der Waals surface area contributed by atoms with Crippen molar-refractivity contribution in [1.82, 2.24) is 14.7 Å². The number of carbonyl (C=O) groups excluding carboxylic acids is 1. The zero-order valence-electron chi connectivity index (χ0n) is 20.0. The number of hydrogen-bond donors (Lipinski definition) is 3. The van der Waals surface area contributed by atoms with Gasteiger partial charge in [-0.2, -0.15) is 4.99 Å². The van der Waals surface area contributed by atoms with Crippen LogP contribution in [0.3, 0.4) is 0 Å². The van der Waals surface area contributed by atoms with Gasteiger partial charge in [0.15, 0.2) is 5.96 Å². The number of nitrogens with zero attached hydrogens (tertiary/aromatic N) is 4. The third-order valence-electron chi connectivity index (χ3n) is 7.34. The molecule has 0 unspecified atom stereocenters. The molecule has 3 saturated heterocycles. The molecule has 0 radical (unpaired) electrons. The maximum atomic E-state index is 11.9. The number of piperidine rings is 3. The summed E-state index contributed by atoms with van der Waals surface area (Å²) in [5, 5.41) is 8.75. The molecule has 10 nitrogen and oxygen atoms in total. The molecule has 3 heterocycles. The number of carboxylic acid groups (broad SMARTS) is 1. The van der Waals surface area contributed by atoms with Gasteiger partial charge in [-0.1, -0.05) is 6.42 Å². The lowest BCUT2D eigenvalue weighted by atomic mass is 9.93. The van der Waals surface area contributed by atoms with Crippen molar-refractivity contribution in [3.63, 3.8) is 0 Å². The van der Waals surface area contributed by atoms with E-state index in [1.807, 2.05) is 4.90 Å². The van der Waals surface area contributed by atoms with E-state index in [0.29, 0.717) is 19.1 Å². The molecule has 0 bridgehead atoms. The van der Waals surface area contributed by atoms with Gasteiger partial charge in [0.25, 0.3) is 5.91 Å². The number of likely N-dealkylation sites (tertiary alicyclic amines) is 3. The summed E-state index contributed by atoms with van der Waals surface area (Å²) in [6.07, 6.45) is 8.95. The lowest BCUT2D eigenvalue weighted by Crippen LogP contribution is -2.50. The number of amides is 1. The summed E-state index contributed by atoms with van der Waals surface area (Å²) < 4.78 is 6.24. The molecule has 3 aliphatic rings. The van der Waals surface area contributed by atoms with E-state index in [9.17, 15) is 9.59 Å². The summed E-state index contributed by atoms with van der Waals surface area (Å²) in [5.41, 5.74) is 11.5. The Morgan fingerprint density at radius 1 is 1.06 bits per heavy atom. The van der Waals surface area contributed by atoms with Gasteiger partial charge in [0, 0.05) is 31.8 Å². The van der Waals surface area contributed by atoms with Crippen LogP contribution in [-0.4, -0.2) is 108 Å². The fraction of sp³-hybridized carbons (Fsp3) is 0.870. The number of rotatable bonds is 8. The Hall–Kier alpha value is -1.75. The molecule has 0 spiro atoms. The number of hydrogen-bond acceptors (Lipinski definition) is 6. The molecule has 33 heavy (non-hydrogen) atoms. The minimum atomic E-state index is -1.17.